The molecule has 0 radical (unpaired) electrons. The summed E-state index contributed by atoms with van der Waals surface area (Å²) in [5.74, 6) is 0.285. The van der Waals surface area contributed by atoms with E-state index in [0.717, 1.165) is 13.1 Å². The summed E-state index contributed by atoms with van der Waals surface area (Å²) in [6.45, 7) is 6.38. The van der Waals surface area contributed by atoms with Gasteiger partial charge in [0.25, 0.3) is 0 Å². The van der Waals surface area contributed by atoms with Crippen LogP contribution in [0.25, 0.3) is 0 Å². The first-order valence-corrected chi connectivity index (χ1v) is 5.70. The summed E-state index contributed by atoms with van der Waals surface area (Å²) in [7, 11) is 0. The van der Waals surface area contributed by atoms with Gasteiger partial charge in [-0.05, 0) is 36.6 Å². The molecular weight excluding hydrogens is 189 g/mol. The Morgan fingerprint density at radius 2 is 1.93 bits per heavy atom. The normalized spacial score (nSPS) is 12.7. The van der Waals surface area contributed by atoms with E-state index in [0.29, 0.717) is 5.92 Å². The van der Waals surface area contributed by atoms with Crippen LogP contribution in [0.15, 0.2) is 24.3 Å². The van der Waals surface area contributed by atoms with Gasteiger partial charge >= 0.3 is 0 Å². The highest BCUT2D eigenvalue weighted by atomic mass is 19.1. The SMILES string of the molecule is CCCCNCC(C)c1ccc(F)cc1. The molecule has 0 aliphatic heterocycles. The molecule has 1 N–H and O–H groups in total. The third-order valence-electron chi connectivity index (χ3n) is 2.60. The molecule has 2 heteroatoms. The topological polar surface area (TPSA) is 12.0 Å². The van der Waals surface area contributed by atoms with Crippen molar-refractivity contribution < 1.29 is 4.39 Å². The average Bonchev–Trinajstić information content (AvgIpc) is 2.25. The van der Waals surface area contributed by atoms with Gasteiger partial charge in [0.1, 0.15) is 5.82 Å². The summed E-state index contributed by atoms with van der Waals surface area (Å²) >= 11 is 0. The first-order valence-electron chi connectivity index (χ1n) is 5.70. The molecule has 0 bridgehead atoms. The summed E-state index contributed by atoms with van der Waals surface area (Å²) in [4.78, 5) is 0. The zero-order chi connectivity index (χ0) is 11.1. The van der Waals surface area contributed by atoms with Crippen molar-refractivity contribution in [2.75, 3.05) is 13.1 Å². The first kappa shape index (κ1) is 12.2. The Balaban J connectivity index is 2.33. The lowest BCUT2D eigenvalue weighted by molar-refractivity contribution is 0.588. The molecule has 0 saturated carbocycles. The monoisotopic (exact) mass is 209 g/mol. The number of rotatable bonds is 6. The maximum atomic E-state index is 12.7. The van der Waals surface area contributed by atoms with Crippen molar-refractivity contribution in [2.45, 2.75) is 32.6 Å². The van der Waals surface area contributed by atoms with Gasteiger partial charge in [0.15, 0.2) is 0 Å². The molecule has 0 spiro atoms. The van der Waals surface area contributed by atoms with Crippen LogP contribution < -0.4 is 5.32 Å². The number of nitrogens with one attached hydrogen (secondary N) is 1. The zero-order valence-corrected chi connectivity index (χ0v) is 9.59. The van der Waals surface area contributed by atoms with E-state index in [-0.39, 0.29) is 5.82 Å². The number of hydrogen-bond acceptors (Lipinski definition) is 1. The van der Waals surface area contributed by atoms with Gasteiger partial charge in [-0.1, -0.05) is 32.4 Å². The summed E-state index contributed by atoms with van der Waals surface area (Å²) in [6, 6.07) is 6.78. The lowest BCUT2D eigenvalue weighted by atomic mass is 10.0. The third kappa shape index (κ3) is 4.43. The molecule has 15 heavy (non-hydrogen) atoms. The van der Waals surface area contributed by atoms with Gasteiger partial charge in [-0.3, -0.25) is 0 Å². The molecule has 1 unspecified atom stereocenters. The van der Waals surface area contributed by atoms with Crippen LogP contribution >= 0.6 is 0 Å². The summed E-state index contributed by atoms with van der Waals surface area (Å²) in [6.07, 6.45) is 2.44. The molecule has 0 aliphatic carbocycles. The fraction of sp³-hybridized carbons (Fsp3) is 0.538. The molecule has 84 valence electrons. The van der Waals surface area contributed by atoms with E-state index in [4.69, 9.17) is 0 Å². The smallest absolute Gasteiger partial charge is 0.123 e. The lowest BCUT2D eigenvalue weighted by Crippen LogP contribution is -2.21. The Kier molecular flexibility index (Phi) is 5.33. The zero-order valence-electron chi connectivity index (χ0n) is 9.59. The second-order valence-electron chi connectivity index (χ2n) is 4.01. The molecule has 0 aliphatic rings. The molecule has 1 aromatic rings. The van der Waals surface area contributed by atoms with Crippen LogP contribution in [0.1, 0.15) is 38.2 Å². The molecule has 0 amide bonds. The molecule has 1 aromatic carbocycles. The average molecular weight is 209 g/mol. The van der Waals surface area contributed by atoms with Crippen molar-refractivity contribution in [1.29, 1.82) is 0 Å². The van der Waals surface area contributed by atoms with Crippen molar-refractivity contribution in [3.63, 3.8) is 0 Å². The Morgan fingerprint density at radius 1 is 1.27 bits per heavy atom. The van der Waals surface area contributed by atoms with Crippen molar-refractivity contribution >= 4 is 0 Å². The molecule has 1 rings (SSSR count). The minimum atomic E-state index is -0.162. The van der Waals surface area contributed by atoms with Crippen LogP contribution in [-0.2, 0) is 0 Å². The number of halogens is 1. The Morgan fingerprint density at radius 3 is 2.53 bits per heavy atom. The quantitative estimate of drug-likeness (QED) is 0.709. The highest BCUT2D eigenvalue weighted by Crippen LogP contribution is 2.14. The van der Waals surface area contributed by atoms with Crippen molar-refractivity contribution in [3.05, 3.63) is 35.6 Å². The van der Waals surface area contributed by atoms with Gasteiger partial charge in [-0.25, -0.2) is 4.39 Å². The summed E-state index contributed by atoms with van der Waals surface area (Å²) in [5, 5.41) is 3.41. The molecule has 1 nitrogen and oxygen atoms in total. The van der Waals surface area contributed by atoms with E-state index in [2.05, 4.69) is 19.2 Å². The largest absolute Gasteiger partial charge is 0.316 e. The Labute approximate surface area is 91.7 Å². The maximum Gasteiger partial charge on any atom is 0.123 e. The van der Waals surface area contributed by atoms with Crippen LogP contribution in [0.2, 0.25) is 0 Å². The van der Waals surface area contributed by atoms with Gasteiger partial charge in [0.2, 0.25) is 0 Å². The van der Waals surface area contributed by atoms with E-state index >= 15 is 0 Å². The van der Waals surface area contributed by atoms with Gasteiger partial charge in [0.05, 0.1) is 0 Å². The van der Waals surface area contributed by atoms with Crippen LogP contribution in [-0.4, -0.2) is 13.1 Å². The molecule has 0 fully saturated rings. The third-order valence-corrected chi connectivity index (χ3v) is 2.60. The van der Waals surface area contributed by atoms with Gasteiger partial charge in [-0.15, -0.1) is 0 Å². The standard InChI is InChI=1S/C13H20FN/c1-3-4-9-15-10-11(2)12-5-7-13(14)8-6-12/h5-8,11,15H,3-4,9-10H2,1-2H3. The van der Waals surface area contributed by atoms with E-state index in [9.17, 15) is 4.39 Å². The Hall–Kier alpha value is -0.890. The predicted octanol–water partition coefficient (Wildman–Crippen LogP) is 3.32. The minimum absolute atomic E-state index is 0.162. The van der Waals surface area contributed by atoms with Crippen molar-refractivity contribution in [3.8, 4) is 0 Å². The van der Waals surface area contributed by atoms with E-state index in [1.54, 1.807) is 0 Å². The lowest BCUT2D eigenvalue weighted by Gasteiger charge is -2.12. The summed E-state index contributed by atoms with van der Waals surface area (Å²) < 4.78 is 12.7. The maximum absolute atomic E-state index is 12.7. The fourth-order valence-corrected chi connectivity index (χ4v) is 1.53. The Bertz CT molecular complexity index is 268. The van der Waals surface area contributed by atoms with Crippen LogP contribution in [0.4, 0.5) is 4.39 Å². The van der Waals surface area contributed by atoms with E-state index in [1.165, 1.54) is 30.5 Å². The minimum Gasteiger partial charge on any atom is -0.316 e. The van der Waals surface area contributed by atoms with E-state index < -0.39 is 0 Å². The van der Waals surface area contributed by atoms with Crippen LogP contribution in [0.5, 0.6) is 0 Å². The predicted molar refractivity (Wildman–Crippen MR) is 62.6 cm³/mol. The number of benzene rings is 1. The first-order chi connectivity index (χ1) is 7.24. The molecule has 0 aromatic heterocycles. The highest BCUT2D eigenvalue weighted by molar-refractivity contribution is 5.20. The second kappa shape index (κ2) is 6.57. The number of unbranched alkanes of at least 4 members (excludes halogenated alkanes) is 1. The van der Waals surface area contributed by atoms with E-state index in [1.807, 2.05) is 12.1 Å². The molecular formula is C13H20FN. The van der Waals surface area contributed by atoms with Crippen LogP contribution in [0, 0.1) is 5.82 Å². The molecule has 1 atom stereocenters. The number of hydrogen-bond donors (Lipinski definition) is 1. The second-order valence-corrected chi connectivity index (χ2v) is 4.01. The van der Waals surface area contributed by atoms with Crippen LogP contribution in [0.3, 0.4) is 0 Å². The van der Waals surface area contributed by atoms with Crippen molar-refractivity contribution in [1.82, 2.24) is 5.32 Å². The van der Waals surface area contributed by atoms with Gasteiger partial charge < -0.3 is 5.32 Å². The molecule has 0 saturated heterocycles. The summed E-state index contributed by atoms with van der Waals surface area (Å²) in [5.41, 5.74) is 1.19. The molecule has 0 heterocycles. The van der Waals surface area contributed by atoms with Crippen molar-refractivity contribution in [2.24, 2.45) is 0 Å². The van der Waals surface area contributed by atoms with Gasteiger partial charge in [-0.2, -0.15) is 0 Å². The highest BCUT2D eigenvalue weighted by Gasteiger charge is 2.04. The fourth-order valence-electron chi connectivity index (χ4n) is 1.53. The van der Waals surface area contributed by atoms with Gasteiger partial charge in [0, 0.05) is 6.54 Å².